The van der Waals surface area contributed by atoms with Gasteiger partial charge >= 0.3 is 0 Å². The van der Waals surface area contributed by atoms with Gasteiger partial charge in [0.15, 0.2) is 0 Å². The zero-order valence-electron chi connectivity index (χ0n) is 13.4. The van der Waals surface area contributed by atoms with E-state index in [2.05, 4.69) is 0 Å². The SMILES string of the molecule is O=[N+]([O-])c1cccc2c1N(c1ccccc1)CC(c1ccccc1)=N2. The van der Waals surface area contributed by atoms with Crippen LogP contribution in [0.25, 0.3) is 0 Å². The van der Waals surface area contributed by atoms with Crippen LogP contribution < -0.4 is 4.90 Å². The molecule has 1 aliphatic rings. The van der Waals surface area contributed by atoms with Gasteiger partial charge in [-0.05, 0) is 23.8 Å². The molecule has 0 amide bonds. The predicted molar refractivity (Wildman–Crippen MR) is 99.2 cm³/mol. The Labute approximate surface area is 145 Å². The van der Waals surface area contributed by atoms with E-state index in [1.807, 2.05) is 71.6 Å². The Balaban J connectivity index is 1.92. The lowest BCUT2D eigenvalue weighted by atomic mass is 10.0. The fourth-order valence-corrected chi connectivity index (χ4v) is 3.06. The molecule has 0 radical (unpaired) electrons. The summed E-state index contributed by atoms with van der Waals surface area (Å²) in [6.07, 6.45) is 0. The average Bonchev–Trinajstić information content (AvgIpc) is 2.68. The van der Waals surface area contributed by atoms with E-state index in [1.54, 1.807) is 6.07 Å². The van der Waals surface area contributed by atoms with Crippen LogP contribution in [0.2, 0.25) is 0 Å². The van der Waals surface area contributed by atoms with Gasteiger partial charge in [-0.15, -0.1) is 0 Å². The maximum Gasteiger partial charge on any atom is 0.295 e. The van der Waals surface area contributed by atoms with Crippen LogP contribution >= 0.6 is 0 Å². The number of fused-ring (bicyclic) bond motifs is 1. The number of nitro benzene ring substituents is 1. The molecule has 5 heteroatoms. The Morgan fingerprint density at radius 2 is 1.56 bits per heavy atom. The van der Waals surface area contributed by atoms with Crippen molar-refractivity contribution in [2.45, 2.75) is 0 Å². The summed E-state index contributed by atoms with van der Waals surface area (Å²) in [5, 5.41) is 11.5. The van der Waals surface area contributed by atoms with Crippen LogP contribution in [0.4, 0.5) is 22.7 Å². The van der Waals surface area contributed by atoms with E-state index in [-0.39, 0.29) is 10.6 Å². The van der Waals surface area contributed by atoms with Crippen molar-refractivity contribution in [1.29, 1.82) is 0 Å². The van der Waals surface area contributed by atoms with E-state index >= 15 is 0 Å². The number of nitrogens with zero attached hydrogens (tertiary/aromatic N) is 3. The lowest BCUT2D eigenvalue weighted by molar-refractivity contribution is -0.384. The predicted octanol–water partition coefficient (Wildman–Crippen LogP) is 4.87. The smallest absolute Gasteiger partial charge is 0.295 e. The maximum atomic E-state index is 11.5. The number of rotatable bonds is 3. The van der Waals surface area contributed by atoms with Crippen molar-refractivity contribution in [3.63, 3.8) is 0 Å². The van der Waals surface area contributed by atoms with Crippen LogP contribution in [0.3, 0.4) is 0 Å². The fraction of sp³-hybridized carbons (Fsp3) is 0.0500. The highest BCUT2D eigenvalue weighted by molar-refractivity contribution is 6.09. The largest absolute Gasteiger partial charge is 0.328 e. The molecular formula is C20H15N3O2. The lowest BCUT2D eigenvalue weighted by Gasteiger charge is -2.30. The average molecular weight is 329 g/mol. The van der Waals surface area contributed by atoms with Crippen molar-refractivity contribution in [3.8, 4) is 0 Å². The molecule has 25 heavy (non-hydrogen) atoms. The second-order valence-electron chi connectivity index (χ2n) is 5.75. The van der Waals surface area contributed by atoms with Crippen molar-refractivity contribution in [2.75, 3.05) is 11.4 Å². The molecule has 1 aliphatic heterocycles. The van der Waals surface area contributed by atoms with Crippen molar-refractivity contribution in [2.24, 2.45) is 4.99 Å². The van der Waals surface area contributed by atoms with Crippen LogP contribution in [0, 0.1) is 10.1 Å². The van der Waals surface area contributed by atoms with E-state index in [9.17, 15) is 10.1 Å². The van der Waals surface area contributed by atoms with Gasteiger partial charge in [0.05, 0.1) is 22.9 Å². The van der Waals surface area contributed by atoms with Crippen molar-refractivity contribution < 1.29 is 4.92 Å². The first-order valence-corrected chi connectivity index (χ1v) is 7.97. The van der Waals surface area contributed by atoms with E-state index in [0.717, 1.165) is 17.0 Å². The number of hydrogen-bond acceptors (Lipinski definition) is 4. The summed E-state index contributed by atoms with van der Waals surface area (Å²) in [7, 11) is 0. The third-order valence-electron chi connectivity index (χ3n) is 4.20. The molecule has 0 aliphatic carbocycles. The van der Waals surface area contributed by atoms with Crippen LogP contribution in [0.1, 0.15) is 5.56 Å². The van der Waals surface area contributed by atoms with Gasteiger partial charge in [-0.2, -0.15) is 0 Å². The fourth-order valence-electron chi connectivity index (χ4n) is 3.06. The van der Waals surface area contributed by atoms with Gasteiger partial charge in [0.2, 0.25) is 0 Å². The van der Waals surface area contributed by atoms with Crippen molar-refractivity contribution >= 4 is 28.5 Å². The summed E-state index contributed by atoms with van der Waals surface area (Å²) in [5.74, 6) is 0. The first-order chi connectivity index (χ1) is 12.2. The number of hydrogen-bond donors (Lipinski definition) is 0. The minimum Gasteiger partial charge on any atom is -0.328 e. The molecule has 0 saturated heterocycles. The number of nitro groups is 1. The van der Waals surface area contributed by atoms with Crippen LogP contribution in [0.5, 0.6) is 0 Å². The molecule has 0 saturated carbocycles. The van der Waals surface area contributed by atoms with Gasteiger partial charge in [-0.3, -0.25) is 10.1 Å². The number of para-hydroxylation sites is 2. The zero-order chi connectivity index (χ0) is 17.2. The topological polar surface area (TPSA) is 58.7 Å². The van der Waals surface area contributed by atoms with Gasteiger partial charge in [0.25, 0.3) is 5.69 Å². The lowest BCUT2D eigenvalue weighted by Crippen LogP contribution is -2.29. The Bertz CT molecular complexity index is 953. The second kappa shape index (κ2) is 6.20. The molecule has 0 fully saturated rings. The Morgan fingerprint density at radius 3 is 2.24 bits per heavy atom. The first-order valence-electron chi connectivity index (χ1n) is 7.97. The monoisotopic (exact) mass is 329 g/mol. The van der Waals surface area contributed by atoms with Crippen LogP contribution in [-0.4, -0.2) is 17.2 Å². The minimum absolute atomic E-state index is 0.0669. The van der Waals surface area contributed by atoms with Gasteiger partial charge < -0.3 is 4.90 Å². The third kappa shape index (κ3) is 2.76. The maximum absolute atomic E-state index is 11.5. The van der Waals surface area contributed by atoms with Crippen molar-refractivity contribution in [3.05, 3.63) is 94.5 Å². The number of anilines is 2. The van der Waals surface area contributed by atoms with Gasteiger partial charge in [0, 0.05) is 11.8 Å². The molecule has 4 rings (SSSR count). The zero-order valence-corrected chi connectivity index (χ0v) is 13.4. The standard InChI is InChI=1S/C20H15N3O2/c24-23(25)19-13-7-12-17-20(19)22(16-10-5-2-6-11-16)14-18(21-17)15-8-3-1-4-9-15/h1-13H,14H2. The summed E-state index contributed by atoms with van der Waals surface area (Å²) in [5.41, 5.74) is 4.03. The van der Waals surface area contributed by atoms with Gasteiger partial charge in [-0.1, -0.05) is 54.6 Å². The van der Waals surface area contributed by atoms with E-state index in [1.165, 1.54) is 6.07 Å². The molecule has 3 aromatic carbocycles. The Morgan fingerprint density at radius 1 is 0.880 bits per heavy atom. The quantitative estimate of drug-likeness (QED) is 0.509. The number of aliphatic imine (C=N–C) groups is 1. The van der Waals surface area contributed by atoms with E-state index in [0.29, 0.717) is 17.9 Å². The Kier molecular flexibility index (Phi) is 3.74. The summed E-state index contributed by atoms with van der Waals surface area (Å²) in [4.78, 5) is 17.8. The van der Waals surface area contributed by atoms with Gasteiger partial charge in [-0.25, -0.2) is 4.99 Å². The molecular weight excluding hydrogens is 314 g/mol. The molecule has 122 valence electrons. The Hall–Kier alpha value is -3.47. The molecule has 0 N–H and O–H groups in total. The van der Waals surface area contributed by atoms with Crippen molar-refractivity contribution in [1.82, 2.24) is 0 Å². The second-order valence-corrected chi connectivity index (χ2v) is 5.75. The molecule has 0 aromatic heterocycles. The summed E-state index contributed by atoms with van der Waals surface area (Å²) in [6, 6.07) is 24.6. The van der Waals surface area contributed by atoms with Crippen LogP contribution in [0.15, 0.2) is 83.9 Å². The van der Waals surface area contributed by atoms with E-state index in [4.69, 9.17) is 4.99 Å². The van der Waals surface area contributed by atoms with E-state index < -0.39 is 0 Å². The molecule has 0 bridgehead atoms. The highest BCUT2D eigenvalue weighted by Crippen LogP contribution is 2.43. The van der Waals surface area contributed by atoms with Crippen LogP contribution in [-0.2, 0) is 0 Å². The molecule has 3 aromatic rings. The summed E-state index contributed by atoms with van der Waals surface area (Å²) >= 11 is 0. The highest BCUT2D eigenvalue weighted by Gasteiger charge is 2.29. The number of benzene rings is 3. The molecule has 0 atom stereocenters. The third-order valence-corrected chi connectivity index (χ3v) is 4.20. The molecule has 0 spiro atoms. The molecule has 5 nitrogen and oxygen atoms in total. The summed E-state index contributed by atoms with van der Waals surface area (Å²) < 4.78 is 0. The minimum atomic E-state index is -0.349. The summed E-state index contributed by atoms with van der Waals surface area (Å²) in [6.45, 7) is 0.478. The highest BCUT2D eigenvalue weighted by atomic mass is 16.6. The normalized spacial score (nSPS) is 13.1. The molecule has 0 unspecified atom stereocenters. The molecule has 1 heterocycles. The first kappa shape index (κ1) is 15.1. The van der Waals surface area contributed by atoms with Gasteiger partial charge in [0.1, 0.15) is 5.69 Å².